The minimum absolute atomic E-state index is 0.812. The maximum atomic E-state index is 14.7. The van der Waals surface area contributed by atoms with E-state index < -0.39 is 75.6 Å². The molecule has 0 aromatic rings. The van der Waals surface area contributed by atoms with Crippen molar-refractivity contribution in [3.05, 3.63) is 0 Å². The van der Waals surface area contributed by atoms with Gasteiger partial charge in [0.05, 0.1) is 0 Å². The molecule has 0 saturated carbocycles. The lowest BCUT2D eigenvalue weighted by molar-refractivity contribution is -0.294. The van der Waals surface area contributed by atoms with E-state index in [1.807, 2.05) is 0 Å². The summed E-state index contributed by atoms with van der Waals surface area (Å²) < 4.78 is 55.3. The first-order valence-corrected chi connectivity index (χ1v) is 9.32. The molecule has 7 atom stereocenters. The highest BCUT2D eigenvalue weighted by atomic mass is 31.1. The third-order valence-corrected chi connectivity index (χ3v) is 3.82. The monoisotopic (exact) mass is 443 g/mol. The molecule has 1 fully saturated rings. The maximum Gasteiger partial charge on any atom is 0.697 e. The molecule has 0 aromatic heterocycles. The van der Waals surface area contributed by atoms with Crippen molar-refractivity contribution in [2.45, 2.75) is 64.6 Å². The van der Waals surface area contributed by atoms with Gasteiger partial charge < -0.3 is 23.7 Å². The van der Waals surface area contributed by atoms with Crippen molar-refractivity contribution < 1.29 is 61.2 Å². The van der Waals surface area contributed by atoms with Crippen molar-refractivity contribution in [2.24, 2.45) is 0 Å². The molecular formula is C15H21FO12P+. The minimum Gasteiger partial charge on any atom is -0.463 e. The molecule has 1 aliphatic rings. The van der Waals surface area contributed by atoms with Crippen LogP contribution in [0.5, 0.6) is 0 Å². The third-order valence-electron chi connectivity index (χ3n) is 3.43. The van der Waals surface area contributed by atoms with Crippen molar-refractivity contribution in [3.8, 4) is 0 Å². The molecule has 0 amide bonds. The zero-order chi connectivity index (χ0) is 22.3. The van der Waals surface area contributed by atoms with Crippen LogP contribution in [0.4, 0.5) is 4.39 Å². The summed E-state index contributed by atoms with van der Waals surface area (Å²) in [5, 5.41) is 0. The topological polar surface area (TPSA) is 161 Å². The Morgan fingerprint density at radius 1 is 0.931 bits per heavy atom. The molecule has 164 valence electrons. The normalized spacial score (nSPS) is 27.9. The zero-order valence-corrected chi connectivity index (χ0v) is 16.8. The van der Waals surface area contributed by atoms with E-state index in [0.29, 0.717) is 0 Å². The first-order chi connectivity index (χ1) is 13.4. The number of ether oxygens (including phenoxy) is 5. The summed E-state index contributed by atoms with van der Waals surface area (Å²) in [5.74, 6) is -3.58. The Kier molecular flexibility index (Phi) is 9.50. The second-order valence-corrected chi connectivity index (χ2v) is 6.54. The molecule has 1 aliphatic heterocycles. The summed E-state index contributed by atoms with van der Waals surface area (Å²) in [6, 6.07) is 0. The molecule has 29 heavy (non-hydrogen) atoms. The van der Waals surface area contributed by atoms with Gasteiger partial charge in [-0.15, -0.1) is 4.89 Å². The van der Waals surface area contributed by atoms with Gasteiger partial charge in [-0.1, -0.05) is 4.52 Å². The standard InChI is InChI=1S/C15H20FO12P/c1-6(17)23-5-10(16)11-12(24-7(2)18)13(25-8(3)19)14(26-9(4)20)15(27-11)28-29(21)22/h10-15H,5H2,1-4H3/p+1/t10-,11?,12?,13?,14?,15?/m0/s1. The van der Waals surface area contributed by atoms with E-state index in [2.05, 4.69) is 9.26 Å². The van der Waals surface area contributed by atoms with Crippen molar-refractivity contribution in [2.75, 3.05) is 6.61 Å². The van der Waals surface area contributed by atoms with Crippen LogP contribution >= 0.6 is 8.25 Å². The maximum absolute atomic E-state index is 14.7. The number of halogens is 1. The molecule has 12 nitrogen and oxygen atoms in total. The van der Waals surface area contributed by atoms with Gasteiger partial charge in [0.25, 0.3) is 6.29 Å². The zero-order valence-electron chi connectivity index (χ0n) is 15.9. The Hall–Kier alpha value is -2.21. The lowest BCUT2D eigenvalue weighted by atomic mass is 9.95. The number of carbonyl (C=O) groups excluding carboxylic acids is 4. The van der Waals surface area contributed by atoms with E-state index in [1.165, 1.54) is 0 Å². The molecule has 0 aliphatic carbocycles. The molecule has 1 saturated heterocycles. The number of alkyl halides is 1. The number of carbonyl (C=O) groups is 4. The molecule has 0 bridgehead atoms. The fourth-order valence-corrected chi connectivity index (χ4v) is 2.91. The number of rotatable bonds is 8. The molecular weight excluding hydrogens is 422 g/mol. The number of hydrogen-bond donors (Lipinski definition) is 1. The van der Waals surface area contributed by atoms with Gasteiger partial charge in [-0.3, -0.25) is 19.2 Å². The molecule has 0 radical (unpaired) electrons. The molecule has 0 spiro atoms. The molecule has 1 N–H and O–H groups in total. The van der Waals surface area contributed by atoms with Gasteiger partial charge in [0.2, 0.25) is 0 Å². The quantitative estimate of drug-likeness (QED) is 0.306. The molecule has 1 heterocycles. The van der Waals surface area contributed by atoms with E-state index in [4.69, 9.17) is 23.8 Å². The summed E-state index contributed by atoms with van der Waals surface area (Å²) in [7, 11) is -3.32. The fourth-order valence-electron chi connectivity index (χ4n) is 2.56. The Morgan fingerprint density at radius 3 is 1.86 bits per heavy atom. The predicted molar refractivity (Wildman–Crippen MR) is 87.8 cm³/mol. The van der Waals surface area contributed by atoms with Crippen LogP contribution in [-0.4, -0.2) is 72.3 Å². The molecule has 6 unspecified atom stereocenters. The van der Waals surface area contributed by atoms with Crippen LogP contribution in [0.15, 0.2) is 0 Å². The fraction of sp³-hybridized carbons (Fsp3) is 0.733. The van der Waals surface area contributed by atoms with E-state index in [9.17, 15) is 28.1 Å². The van der Waals surface area contributed by atoms with Crippen LogP contribution in [0.1, 0.15) is 27.7 Å². The van der Waals surface area contributed by atoms with Crippen molar-refractivity contribution in [1.29, 1.82) is 0 Å². The smallest absolute Gasteiger partial charge is 0.463 e. The first kappa shape index (κ1) is 24.8. The average molecular weight is 443 g/mol. The van der Waals surface area contributed by atoms with Gasteiger partial charge in [0.15, 0.2) is 24.5 Å². The first-order valence-electron chi connectivity index (χ1n) is 8.19. The van der Waals surface area contributed by atoms with E-state index in [-0.39, 0.29) is 0 Å². The van der Waals surface area contributed by atoms with E-state index in [1.54, 1.807) is 0 Å². The number of esters is 4. The predicted octanol–water partition coefficient (Wildman–Crippen LogP) is 0.0739. The SMILES string of the molecule is CC(=O)OC[C@H](F)C1OC(O[P+](=O)O)C(OC(C)=O)C(OC(C)=O)C1OC(C)=O. The Bertz CT molecular complexity index is 655. The number of hydrogen-bond acceptors (Lipinski definition) is 11. The van der Waals surface area contributed by atoms with Gasteiger partial charge in [0, 0.05) is 32.3 Å². The minimum atomic E-state index is -3.32. The highest BCUT2D eigenvalue weighted by Crippen LogP contribution is 2.35. The summed E-state index contributed by atoms with van der Waals surface area (Å²) in [6.07, 6.45) is -10.8. The van der Waals surface area contributed by atoms with Gasteiger partial charge in [-0.05, 0) is 0 Å². The Morgan fingerprint density at radius 2 is 1.41 bits per heavy atom. The van der Waals surface area contributed by atoms with Crippen molar-refractivity contribution in [3.63, 3.8) is 0 Å². The van der Waals surface area contributed by atoms with Gasteiger partial charge in [-0.25, -0.2) is 4.39 Å². The van der Waals surface area contributed by atoms with E-state index in [0.717, 1.165) is 27.7 Å². The lowest BCUT2D eigenvalue weighted by Gasteiger charge is -2.43. The van der Waals surface area contributed by atoms with Gasteiger partial charge in [-0.2, -0.15) is 0 Å². The lowest BCUT2D eigenvalue weighted by Crippen LogP contribution is -2.64. The highest BCUT2D eigenvalue weighted by Gasteiger charge is 2.57. The van der Waals surface area contributed by atoms with Gasteiger partial charge >= 0.3 is 32.1 Å². The van der Waals surface area contributed by atoms with Crippen LogP contribution in [0.25, 0.3) is 0 Å². The Balaban J connectivity index is 3.35. The highest BCUT2D eigenvalue weighted by molar-refractivity contribution is 7.32. The largest absolute Gasteiger partial charge is 0.697 e. The van der Waals surface area contributed by atoms with Crippen LogP contribution in [-0.2, 0) is 52.0 Å². The van der Waals surface area contributed by atoms with Crippen molar-refractivity contribution in [1.82, 2.24) is 0 Å². The summed E-state index contributed by atoms with van der Waals surface area (Å²) >= 11 is 0. The molecule has 1 rings (SSSR count). The van der Waals surface area contributed by atoms with Gasteiger partial charge in [0.1, 0.15) is 12.7 Å². The summed E-state index contributed by atoms with van der Waals surface area (Å²) in [6.45, 7) is 3.13. The van der Waals surface area contributed by atoms with Crippen LogP contribution < -0.4 is 0 Å². The second-order valence-electron chi connectivity index (χ2n) is 5.85. The van der Waals surface area contributed by atoms with E-state index >= 15 is 0 Å². The molecule has 0 aromatic carbocycles. The summed E-state index contributed by atoms with van der Waals surface area (Å²) in [4.78, 5) is 54.5. The van der Waals surface area contributed by atoms with Crippen LogP contribution in [0.2, 0.25) is 0 Å². The third kappa shape index (κ3) is 7.97. The van der Waals surface area contributed by atoms with Crippen LogP contribution in [0, 0.1) is 0 Å². The van der Waals surface area contributed by atoms with Crippen LogP contribution in [0.3, 0.4) is 0 Å². The summed E-state index contributed by atoms with van der Waals surface area (Å²) in [5.41, 5.74) is 0. The second kappa shape index (κ2) is 11.1. The molecule has 14 heteroatoms. The Labute approximate surface area is 165 Å². The average Bonchev–Trinajstić information content (AvgIpc) is 2.55. The van der Waals surface area contributed by atoms with Crippen molar-refractivity contribution >= 4 is 32.1 Å².